The number of carbonyl (C=O) groups is 2. The second kappa shape index (κ2) is 10.7. The molecule has 2 atom stereocenters. The summed E-state index contributed by atoms with van der Waals surface area (Å²) in [7, 11) is 1.59. The minimum absolute atomic E-state index is 0.129. The van der Waals surface area contributed by atoms with E-state index in [2.05, 4.69) is 10.3 Å². The number of thioether (sulfide) groups is 1. The van der Waals surface area contributed by atoms with Crippen molar-refractivity contribution < 1.29 is 23.1 Å². The van der Waals surface area contributed by atoms with Crippen molar-refractivity contribution in [2.75, 3.05) is 12.4 Å². The van der Waals surface area contributed by atoms with Crippen molar-refractivity contribution in [1.29, 1.82) is 0 Å². The molecule has 7 nitrogen and oxygen atoms in total. The normalized spacial score (nSPS) is 18.8. The van der Waals surface area contributed by atoms with Crippen LogP contribution < -0.4 is 10.1 Å². The summed E-state index contributed by atoms with van der Waals surface area (Å²) in [6.07, 6.45) is 0.381. The summed E-state index contributed by atoms with van der Waals surface area (Å²) in [5, 5.41) is 8.71. The highest BCUT2D eigenvalue weighted by Crippen LogP contribution is 2.38. The van der Waals surface area contributed by atoms with Crippen LogP contribution in [-0.4, -0.2) is 40.1 Å². The molecule has 2 heterocycles. The molecular weight excluding hydrogens is 510 g/mol. The summed E-state index contributed by atoms with van der Waals surface area (Å²) in [6, 6.07) is 17.7. The molecule has 0 saturated heterocycles. The Labute approximate surface area is 222 Å². The Morgan fingerprint density at radius 2 is 1.84 bits per heavy atom. The molecule has 5 rings (SSSR count). The summed E-state index contributed by atoms with van der Waals surface area (Å²) >= 11 is 1.16. The highest BCUT2D eigenvalue weighted by atomic mass is 32.2. The highest BCUT2D eigenvalue weighted by molar-refractivity contribution is 8.15. The largest absolute Gasteiger partial charge is 0.497 e. The summed E-state index contributed by atoms with van der Waals surface area (Å²) in [4.78, 5) is 29.6. The predicted molar refractivity (Wildman–Crippen MR) is 143 cm³/mol. The van der Waals surface area contributed by atoms with Crippen LogP contribution in [-0.2, 0) is 9.59 Å². The maximum absolute atomic E-state index is 13.8. The van der Waals surface area contributed by atoms with Crippen molar-refractivity contribution >= 4 is 40.1 Å². The first kappa shape index (κ1) is 25.6. The van der Waals surface area contributed by atoms with Gasteiger partial charge in [0.15, 0.2) is 5.17 Å². The van der Waals surface area contributed by atoms with Crippen LogP contribution in [0.1, 0.15) is 35.6 Å². The fraction of sp³-hybridized carbons (Fsp3) is 0.214. The zero-order chi connectivity index (χ0) is 26.8. The van der Waals surface area contributed by atoms with Gasteiger partial charge in [-0.2, -0.15) is 10.1 Å². The average Bonchev–Trinajstić information content (AvgIpc) is 3.51. The van der Waals surface area contributed by atoms with Crippen LogP contribution in [0.4, 0.5) is 14.5 Å². The number of methoxy groups -OCH3 is 1. The molecule has 0 bridgehead atoms. The molecule has 2 aliphatic rings. The quantitative estimate of drug-likeness (QED) is 0.454. The van der Waals surface area contributed by atoms with E-state index in [1.807, 2.05) is 24.3 Å². The molecule has 2 aliphatic heterocycles. The lowest BCUT2D eigenvalue weighted by molar-refractivity contribution is -0.121. The number of carbonyl (C=O) groups excluding carboxylic acids is 2. The molecule has 2 amide bonds. The highest BCUT2D eigenvalue weighted by Gasteiger charge is 2.39. The number of hydrogen-bond acceptors (Lipinski definition) is 6. The zero-order valence-electron chi connectivity index (χ0n) is 20.7. The molecule has 0 aromatic heterocycles. The van der Waals surface area contributed by atoms with Gasteiger partial charge >= 0.3 is 0 Å². The van der Waals surface area contributed by atoms with E-state index >= 15 is 0 Å². The minimum Gasteiger partial charge on any atom is -0.497 e. The topological polar surface area (TPSA) is 83.4 Å². The standard InChI is InChI=1S/C28H24F2N4O3S/c1-16-3-10-20(13-22(16)30)31-26(35)15-25-27(36)32-28(38-25)34-24(18-4-8-19(29)9-5-18)14-23(33-34)17-6-11-21(37-2)12-7-17/h3-13,24-25H,14-15H2,1-2H3,(H,31,35)/t24-,25-/m1/s1. The van der Waals surface area contributed by atoms with Crippen molar-refractivity contribution in [2.24, 2.45) is 10.1 Å². The Kier molecular flexibility index (Phi) is 7.24. The molecule has 0 saturated carbocycles. The third-order valence-corrected chi connectivity index (χ3v) is 7.48. The van der Waals surface area contributed by atoms with E-state index in [-0.39, 0.29) is 18.3 Å². The number of hydrogen-bond donors (Lipinski definition) is 1. The SMILES string of the molecule is COc1ccc(C2=NN(C3=NC(=O)[C@@H](CC(=O)Nc4ccc(C)c(F)c4)S3)[C@@H](c3ccc(F)cc3)C2)cc1. The zero-order valence-corrected chi connectivity index (χ0v) is 21.5. The lowest BCUT2D eigenvalue weighted by atomic mass is 9.98. The van der Waals surface area contributed by atoms with Crippen LogP contribution >= 0.6 is 11.8 Å². The monoisotopic (exact) mass is 534 g/mol. The summed E-state index contributed by atoms with van der Waals surface area (Å²) in [5.74, 6) is -0.922. The van der Waals surface area contributed by atoms with E-state index in [0.717, 1.165) is 34.3 Å². The number of rotatable bonds is 6. The smallest absolute Gasteiger partial charge is 0.262 e. The van der Waals surface area contributed by atoms with Crippen molar-refractivity contribution in [3.63, 3.8) is 0 Å². The van der Waals surface area contributed by atoms with E-state index in [4.69, 9.17) is 9.84 Å². The van der Waals surface area contributed by atoms with Crippen LogP contribution in [0.3, 0.4) is 0 Å². The van der Waals surface area contributed by atoms with Crippen LogP contribution in [0.25, 0.3) is 0 Å². The van der Waals surface area contributed by atoms with E-state index < -0.39 is 22.9 Å². The first-order chi connectivity index (χ1) is 18.3. The van der Waals surface area contributed by atoms with Crippen molar-refractivity contribution in [3.05, 3.63) is 95.1 Å². The van der Waals surface area contributed by atoms with Crippen molar-refractivity contribution in [3.8, 4) is 5.75 Å². The number of amides is 2. The molecule has 0 radical (unpaired) electrons. The number of benzene rings is 3. The number of hydrazone groups is 1. The molecule has 0 unspecified atom stereocenters. The minimum atomic E-state index is -0.741. The first-order valence-electron chi connectivity index (χ1n) is 11.9. The number of nitrogens with zero attached hydrogens (tertiary/aromatic N) is 3. The van der Waals surface area contributed by atoms with E-state index in [9.17, 15) is 18.4 Å². The molecule has 0 aliphatic carbocycles. The van der Waals surface area contributed by atoms with Gasteiger partial charge in [0, 0.05) is 18.5 Å². The molecule has 1 N–H and O–H groups in total. The molecule has 38 heavy (non-hydrogen) atoms. The number of ether oxygens (including phenoxy) is 1. The molecule has 3 aromatic rings. The molecular formula is C28H24F2N4O3S. The second-order valence-corrected chi connectivity index (χ2v) is 10.1. The third kappa shape index (κ3) is 5.45. The fourth-order valence-corrected chi connectivity index (χ4v) is 5.31. The summed E-state index contributed by atoms with van der Waals surface area (Å²) < 4.78 is 32.7. The Hall–Kier alpha value is -4.05. The van der Waals surface area contributed by atoms with Crippen LogP contribution in [0, 0.1) is 18.6 Å². The van der Waals surface area contributed by atoms with Crippen molar-refractivity contribution in [1.82, 2.24) is 5.01 Å². The van der Waals surface area contributed by atoms with E-state index in [1.165, 1.54) is 18.2 Å². The Morgan fingerprint density at radius 1 is 1.11 bits per heavy atom. The van der Waals surface area contributed by atoms with Gasteiger partial charge in [-0.15, -0.1) is 0 Å². The van der Waals surface area contributed by atoms with Gasteiger partial charge in [0.1, 0.15) is 22.6 Å². The average molecular weight is 535 g/mol. The van der Waals surface area contributed by atoms with Gasteiger partial charge in [-0.05, 0) is 72.1 Å². The van der Waals surface area contributed by atoms with E-state index in [1.54, 1.807) is 43.3 Å². The van der Waals surface area contributed by atoms with Gasteiger partial charge in [-0.1, -0.05) is 30.0 Å². The lowest BCUT2D eigenvalue weighted by Gasteiger charge is -2.23. The molecule has 0 spiro atoms. The molecule has 10 heteroatoms. The van der Waals surface area contributed by atoms with E-state index in [0.29, 0.717) is 22.8 Å². The van der Waals surface area contributed by atoms with Gasteiger partial charge in [-0.3, -0.25) is 9.59 Å². The van der Waals surface area contributed by atoms with Crippen LogP contribution in [0.5, 0.6) is 5.75 Å². The Bertz CT molecular complexity index is 1440. The maximum atomic E-state index is 13.8. The summed E-state index contributed by atoms with van der Waals surface area (Å²) in [5.41, 5.74) is 3.27. The number of aryl methyl sites for hydroxylation is 1. The predicted octanol–water partition coefficient (Wildman–Crippen LogP) is 5.46. The number of amidine groups is 1. The number of halogens is 2. The summed E-state index contributed by atoms with van der Waals surface area (Å²) in [6.45, 7) is 1.63. The number of anilines is 1. The van der Waals surface area contributed by atoms with Gasteiger partial charge in [0.2, 0.25) is 5.91 Å². The molecule has 194 valence electrons. The number of aliphatic imine (C=N–C) groups is 1. The first-order valence-corrected chi connectivity index (χ1v) is 12.8. The van der Waals surface area contributed by atoms with Gasteiger partial charge in [0.05, 0.1) is 18.9 Å². The van der Waals surface area contributed by atoms with Gasteiger partial charge in [-0.25, -0.2) is 13.8 Å². The van der Waals surface area contributed by atoms with Crippen LogP contribution in [0.15, 0.2) is 76.8 Å². The van der Waals surface area contributed by atoms with Crippen LogP contribution in [0.2, 0.25) is 0 Å². The Morgan fingerprint density at radius 3 is 2.53 bits per heavy atom. The second-order valence-electron chi connectivity index (χ2n) is 8.95. The Balaban J connectivity index is 1.34. The fourth-order valence-electron chi connectivity index (χ4n) is 4.24. The maximum Gasteiger partial charge on any atom is 0.262 e. The van der Waals surface area contributed by atoms with Gasteiger partial charge < -0.3 is 10.1 Å². The third-order valence-electron chi connectivity index (χ3n) is 6.34. The lowest BCUT2D eigenvalue weighted by Crippen LogP contribution is -2.25. The number of nitrogens with one attached hydrogen (secondary N) is 1. The van der Waals surface area contributed by atoms with Gasteiger partial charge in [0.25, 0.3) is 5.91 Å². The molecule has 0 fully saturated rings. The van der Waals surface area contributed by atoms with Crippen molar-refractivity contribution in [2.45, 2.75) is 31.1 Å². The molecule has 3 aromatic carbocycles.